The third-order valence-corrected chi connectivity index (χ3v) is 4.03. The van der Waals surface area contributed by atoms with Gasteiger partial charge in [0, 0.05) is 6.54 Å². The van der Waals surface area contributed by atoms with E-state index in [1.165, 1.54) is 30.0 Å². The fourth-order valence-corrected chi connectivity index (χ4v) is 2.62. The number of ether oxygens (including phenoxy) is 2. The average Bonchev–Trinajstić information content (AvgIpc) is 2.64. The molecule has 1 aromatic rings. The number of hydrogen-bond donors (Lipinski definition) is 1. The molecule has 0 unspecified atom stereocenters. The second-order valence-corrected chi connectivity index (χ2v) is 6.13. The predicted molar refractivity (Wildman–Crippen MR) is 103 cm³/mol. The van der Waals surface area contributed by atoms with Gasteiger partial charge in [0.25, 0.3) is 11.8 Å². The van der Waals surface area contributed by atoms with E-state index >= 15 is 0 Å². The minimum Gasteiger partial charge on any atom is -0.546 e. The van der Waals surface area contributed by atoms with Gasteiger partial charge in [-0.25, -0.2) is 0 Å². The first-order valence-corrected chi connectivity index (χ1v) is 8.83. The molecule has 0 saturated carbocycles. The maximum atomic E-state index is 12.6. The van der Waals surface area contributed by atoms with Crippen molar-refractivity contribution >= 4 is 41.2 Å². The third-order valence-electron chi connectivity index (χ3n) is 3.71. The molecule has 1 aliphatic heterocycles. The van der Waals surface area contributed by atoms with Crippen molar-refractivity contribution in [1.82, 2.24) is 10.2 Å². The zero-order valence-corrected chi connectivity index (χ0v) is 16.2. The molecule has 0 aromatic heterocycles. The van der Waals surface area contributed by atoms with Gasteiger partial charge in [0.1, 0.15) is 11.7 Å². The lowest BCUT2D eigenvalue weighted by atomic mass is 10.1. The molecule has 1 fully saturated rings. The monoisotopic (exact) mass is 403 g/mol. The lowest BCUT2D eigenvalue weighted by Gasteiger charge is -2.27. The number of carbonyl (C=O) groups excluding carboxylic acids is 3. The molecule has 0 radical (unpaired) electrons. The van der Waals surface area contributed by atoms with Crippen molar-refractivity contribution in [3.63, 3.8) is 0 Å². The number of thiocarbonyl (C=S) groups is 1. The van der Waals surface area contributed by atoms with Crippen LogP contribution in [0.15, 0.2) is 36.4 Å². The smallest absolute Gasteiger partial charge is 0.265 e. The fourth-order valence-electron chi connectivity index (χ4n) is 2.37. The summed E-state index contributed by atoms with van der Waals surface area (Å²) in [6, 6.07) is 4.60. The summed E-state index contributed by atoms with van der Waals surface area (Å²) in [4.78, 5) is 36.9. The summed E-state index contributed by atoms with van der Waals surface area (Å²) < 4.78 is 10.8. The standard InChI is InChI=1S/C19H20N2O6S/c1-4-8-21-17(23)13(16(22)20-19(21)28)9-12-6-7-14(15(10-12)26-5-2)27-11(3)18(24)25/h4,6-7,9-11H,1,5,8H2,2-3H3,(H,24,25)(H,20,22,28)/p-1/b13-9+/t11-/m1/s1. The van der Waals surface area contributed by atoms with Gasteiger partial charge in [-0.3, -0.25) is 19.8 Å². The minimum atomic E-state index is -1.36. The topological polar surface area (TPSA) is 108 Å². The van der Waals surface area contributed by atoms with E-state index in [4.69, 9.17) is 21.7 Å². The Morgan fingerprint density at radius 1 is 1.39 bits per heavy atom. The minimum absolute atomic E-state index is 0.0158. The Hall–Kier alpha value is -3.20. The number of carboxylic acids is 1. The summed E-state index contributed by atoms with van der Waals surface area (Å²) in [5.74, 6) is -2.05. The van der Waals surface area contributed by atoms with E-state index < -0.39 is 23.9 Å². The van der Waals surface area contributed by atoms with Crippen molar-refractivity contribution in [3.8, 4) is 11.5 Å². The highest BCUT2D eigenvalue weighted by Crippen LogP contribution is 2.30. The highest BCUT2D eigenvalue weighted by Gasteiger charge is 2.32. The Morgan fingerprint density at radius 3 is 2.71 bits per heavy atom. The average molecular weight is 403 g/mol. The van der Waals surface area contributed by atoms with Crippen LogP contribution in [-0.4, -0.2) is 47.1 Å². The number of nitrogens with one attached hydrogen (secondary N) is 1. The molecule has 1 saturated heterocycles. The van der Waals surface area contributed by atoms with Crippen molar-refractivity contribution in [2.75, 3.05) is 13.2 Å². The molecule has 1 N–H and O–H groups in total. The van der Waals surface area contributed by atoms with Crippen LogP contribution in [0.3, 0.4) is 0 Å². The lowest BCUT2D eigenvalue weighted by Crippen LogP contribution is -2.53. The quantitative estimate of drug-likeness (QED) is 0.290. The second-order valence-electron chi connectivity index (χ2n) is 5.74. The van der Waals surface area contributed by atoms with Crippen LogP contribution in [0, 0.1) is 0 Å². The molecule has 2 amide bonds. The maximum absolute atomic E-state index is 12.6. The third kappa shape index (κ3) is 4.74. The number of carboxylic acid groups (broad SMARTS) is 1. The molecule has 8 nitrogen and oxygen atoms in total. The molecular formula is C19H19N2O6S-. The summed E-state index contributed by atoms with van der Waals surface area (Å²) >= 11 is 5.01. The molecule has 28 heavy (non-hydrogen) atoms. The first kappa shape index (κ1) is 21.1. The van der Waals surface area contributed by atoms with Crippen molar-refractivity contribution in [3.05, 3.63) is 42.0 Å². The van der Waals surface area contributed by atoms with Crippen LogP contribution in [0.4, 0.5) is 0 Å². The van der Waals surface area contributed by atoms with Gasteiger partial charge in [-0.15, -0.1) is 6.58 Å². The molecule has 9 heteroatoms. The van der Waals surface area contributed by atoms with Crippen molar-refractivity contribution in [2.24, 2.45) is 0 Å². The molecular weight excluding hydrogens is 384 g/mol. The molecule has 0 bridgehead atoms. The van der Waals surface area contributed by atoms with E-state index in [0.717, 1.165) is 0 Å². The normalized spacial score (nSPS) is 16.6. The Balaban J connectivity index is 2.38. The van der Waals surface area contributed by atoms with Crippen molar-refractivity contribution in [2.45, 2.75) is 20.0 Å². The number of rotatable bonds is 8. The molecule has 1 heterocycles. The van der Waals surface area contributed by atoms with Gasteiger partial charge in [-0.1, -0.05) is 12.1 Å². The van der Waals surface area contributed by atoms with Crippen LogP contribution in [-0.2, 0) is 14.4 Å². The Bertz CT molecular complexity index is 864. The van der Waals surface area contributed by atoms with Crippen LogP contribution in [0.5, 0.6) is 11.5 Å². The zero-order chi connectivity index (χ0) is 20.8. The van der Waals surface area contributed by atoms with Crippen LogP contribution in [0.1, 0.15) is 19.4 Å². The number of aliphatic carboxylic acids is 1. The van der Waals surface area contributed by atoms with Crippen LogP contribution in [0.25, 0.3) is 6.08 Å². The lowest BCUT2D eigenvalue weighted by molar-refractivity contribution is -0.312. The predicted octanol–water partition coefficient (Wildman–Crippen LogP) is 0.415. The molecule has 1 atom stereocenters. The van der Waals surface area contributed by atoms with Crippen molar-refractivity contribution < 1.29 is 29.0 Å². The molecule has 1 aliphatic rings. The highest BCUT2D eigenvalue weighted by atomic mass is 32.1. The van der Waals surface area contributed by atoms with E-state index in [1.807, 2.05) is 0 Å². The van der Waals surface area contributed by atoms with Gasteiger partial charge in [0.05, 0.1) is 12.6 Å². The molecule has 1 aromatic carbocycles. The van der Waals surface area contributed by atoms with E-state index in [9.17, 15) is 19.5 Å². The van der Waals surface area contributed by atoms with Gasteiger partial charge in [-0.05, 0) is 49.8 Å². The van der Waals surface area contributed by atoms with E-state index in [0.29, 0.717) is 12.2 Å². The van der Waals surface area contributed by atoms with Crippen LogP contribution < -0.4 is 19.9 Å². The van der Waals surface area contributed by atoms with E-state index in [1.54, 1.807) is 19.1 Å². The first-order valence-electron chi connectivity index (χ1n) is 8.42. The summed E-state index contributed by atoms with van der Waals surface area (Å²) in [6.07, 6.45) is 1.71. The summed E-state index contributed by atoms with van der Waals surface area (Å²) in [7, 11) is 0. The van der Waals surface area contributed by atoms with Gasteiger partial charge in [0.15, 0.2) is 16.6 Å². The largest absolute Gasteiger partial charge is 0.546 e. The second kappa shape index (κ2) is 9.14. The highest BCUT2D eigenvalue weighted by molar-refractivity contribution is 7.80. The van der Waals surface area contributed by atoms with Gasteiger partial charge in [0.2, 0.25) is 0 Å². The first-order chi connectivity index (χ1) is 13.3. The summed E-state index contributed by atoms with van der Waals surface area (Å²) in [5, 5.41) is 13.4. The fraction of sp³-hybridized carbons (Fsp3) is 0.263. The van der Waals surface area contributed by atoms with Gasteiger partial charge in [-0.2, -0.15) is 0 Å². The number of hydrogen-bond acceptors (Lipinski definition) is 7. The summed E-state index contributed by atoms with van der Waals surface area (Å²) in [6.45, 7) is 7.12. The number of benzene rings is 1. The number of nitrogens with zero attached hydrogens (tertiary/aromatic N) is 1. The van der Waals surface area contributed by atoms with Gasteiger partial charge < -0.3 is 19.4 Å². The Labute approximate surface area is 167 Å². The van der Waals surface area contributed by atoms with Crippen LogP contribution >= 0.6 is 12.2 Å². The molecule has 0 spiro atoms. The Kier molecular flexibility index (Phi) is 6.89. The molecule has 2 rings (SSSR count). The number of amides is 2. The van der Waals surface area contributed by atoms with E-state index in [2.05, 4.69) is 11.9 Å². The maximum Gasteiger partial charge on any atom is 0.265 e. The number of carbonyl (C=O) groups is 3. The summed E-state index contributed by atoms with van der Waals surface area (Å²) in [5.41, 5.74) is 0.386. The molecule has 148 valence electrons. The van der Waals surface area contributed by atoms with Crippen LogP contribution in [0.2, 0.25) is 0 Å². The van der Waals surface area contributed by atoms with E-state index in [-0.39, 0.29) is 28.7 Å². The molecule has 0 aliphatic carbocycles. The zero-order valence-electron chi connectivity index (χ0n) is 15.4. The van der Waals surface area contributed by atoms with Crippen molar-refractivity contribution in [1.29, 1.82) is 0 Å². The SMILES string of the molecule is C=CCN1C(=O)/C(=C/c2ccc(O[C@H](C)C(=O)[O-])c(OCC)c2)C(=O)NC1=S. The van der Waals surface area contributed by atoms with Gasteiger partial charge >= 0.3 is 0 Å². The Morgan fingerprint density at radius 2 is 2.11 bits per heavy atom.